The number of hydrogen-bond acceptors (Lipinski definition) is 3. The van der Waals surface area contributed by atoms with Gasteiger partial charge >= 0.3 is 5.97 Å². The van der Waals surface area contributed by atoms with Crippen molar-refractivity contribution in [2.24, 2.45) is 5.92 Å². The molecule has 1 aromatic rings. The number of piperidine rings is 1. The lowest BCUT2D eigenvalue weighted by atomic mass is 9.92. The van der Waals surface area contributed by atoms with E-state index >= 15 is 0 Å². The van der Waals surface area contributed by atoms with Crippen LogP contribution in [0.1, 0.15) is 25.3 Å². The highest BCUT2D eigenvalue weighted by atomic mass is 16.4. The molecule has 1 aliphatic rings. The Bertz CT molecular complexity index is 490. The first-order valence-corrected chi connectivity index (χ1v) is 7.38. The zero-order valence-corrected chi connectivity index (χ0v) is 12.2. The second-order valence-corrected chi connectivity index (χ2v) is 5.64. The van der Waals surface area contributed by atoms with E-state index in [1.165, 1.54) is 0 Å². The highest BCUT2D eigenvalue weighted by Gasteiger charge is 2.30. The summed E-state index contributed by atoms with van der Waals surface area (Å²) in [7, 11) is 0. The van der Waals surface area contributed by atoms with Gasteiger partial charge in [0.25, 0.3) is 0 Å². The number of nitrogens with one attached hydrogen (secondary N) is 2. The van der Waals surface area contributed by atoms with Crippen LogP contribution in [0.5, 0.6) is 0 Å². The first-order chi connectivity index (χ1) is 10.1. The minimum absolute atomic E-state index is 0.217. The van der Waals surface area contributed by atoms with Crippen LogP contribution in [0.25, 0.3) is 0 Å². The molecule has 0 saturated carbocycles. The van der Waals surface area contributed by atoms with Crippen LogP contribution in [0.4, 0.5) is 0 Å². The number of aliphatic carboxylic acids is 1. The Morgan fingerprint density at radius 3 is 2.71 bits per heavy atom. The molecular weight excluding hydrogens is 268 g/mol. The lowest BCUT2D eigenvalue weighted by molar-refractivity contribution is -0.142. The predicted octanol–water partition coefficient (Wildman–Crippen LogP) is 1.19. The van der Waals surface area contributed by atoms with Crippen molar-refractivity contribution < 1.29 is 14.7 Å². The predicted molar refractivity (Wildman–Crippen MR) is 79.9 cm³/mol. The van der Waals surface area contributed by atoms with Crippen LogP contribution in [0.3, 0.4) is 0 Å². The van der Waals surface area contributed by atoms with Gasteiger partial charge in [-0.15, -0.1) is 0 Å². The first kappa shape index (κ1) is 15.5. The second-order valence-electron chi connectivity index (χ2n) is 5.64. The van der Waals surface area contributed by atoms with E-state index in [2.05, 4.69) is 10.6 Å². The molecule has 1 aromatic carbocycles. The molecule has 1 amide bonds. The van der Waals surface area contributed by atoms with Crippen LogP contribution in [0.15, 0.2) is 30.3 Å². The van der Waals surface area contributed by atoms with Gasteiger partial charge < -0.3 is 15.7 Å². The third kappa shape index (κ3) is 4.29. The van der Waals surface area contributed by atoms with E-state index in [0.29, 0.717) is 6.42 Å². The highest BCUT2D eigenvalue weighted by molar-refractivity contribution is 5.87. The molecule has 1 heterocycles. The van der Waals surface area contributed by atoms with Gasteiger partial charge in [-0.05, 0) is 30.9 Å². The van der Waals surface area contributed by atoms with Gasteiger partial charge in [0, 0.05) is 6.42 Å². The summed E-state index contributed by atoms with van der Waals surface area (Å²) >= 11 is 0. The molecular formula is C16H22N2O3. The van der Waals surface area contributed by atoms with Crippen molar-refractivity contribution in [3.63, 3.8) is 0 Å². The standard InChI is InChI=1S/C16H22N2O3/c1-11-6-5-9-17-14(11)15(19)18-13(16(20)21)10-12-7-3-2-4-8-12/h2-4,7-8,11,13-14,17H,5-6,9-10H2,1H3,(H,18,19)(H,20,21)/t11?,13-,14?/m0/s1. The maximum atomic E-state index is 12.3. The maximum absolute atomic E-state index is 12.3. The molecule has 3 N–H and O–H groups in total. The fraction of sp³-hybridized carbons (Fsp3) is 0.500. The molecule has 0 radical (unpaired) electrons. The van der Waals surface area contributed by atoms with Crippen LogP contribution < -0.4 is 10.6 Å². The van der Waals surface area contributed by atoms with Crippen LogP contribution >= 0.6 is 0 Å². The van der Waals surface area contributed by atoms with E-state index in [-0.39, 0.29) is 17.9 Å². The molecule has 1 fully saturated rings. The van der Waals surface area contributed by atoms with E-state index in [1.54, 1.807) is 0 Å². The SMILES string of the molecule is CC1CCCNC1C(=O)N[C@@H](Cc1ccccc1)C(=O)O. The number of carboxylic acid groups (broad SMARTS) is 1. The Balaban J connectivity index is 1.99. The number of hydrogen-bond donors (Lipinski definition) is 3. The topological polar surface area (TPSA) is 78.4 Å². The Labute approximate surface area is 124 Å². The van der Waals surface area contributed by atoms with Gasteiger partial charge in [-0.3, -0.25) is 4.79 Å². The highest BCUT2D eigenvalue weighted by Crippen LogP contribution is 2.16. The number of benzene rings is 1. The van der Waals surface area contributed by atoms with Gasteiger partial charge in [0.1, 0.15) is 6.04 Å². The van der Waals surface area contributed by atoms with Gasteiger partial charge in [0.15, 0.2) is 0 Å². The summed E-state index contributed by atoms with van der Waals surface area (Å²) in [5.41, 5.74) is 0.898. The average molecular weight is 290 g/mol. The van der Waals surface area contributed by atoms with Crippen LogP contribution in [-0.4, -0.2) is 35.6 Å². The summed E-state index contributed by atoms with van der Waals surface area (Å²) in [6.07, 6.45) is 2.34. The Morgan fingerprint density at radius 1 is 1.38 bits per heavy atom. The second kappa shape index (κ2) is 7.22. The van der Waals surface area contributed by atoms with E-state index in [1.807, 2.05) is 37.3 Å². The Morgan fingerprint density at radius 2 is 2.10 bits per heavy atom. The molecule has 5 heteroatoms. The molecule has 5 nitrogen and oxygen atoms in total. The van der Waals surface area contributed by atoms with E-state index < -0.39 is 12.0 Å². The van der Waals surface area contributed by atoms with Crippen molar-refractivity contribution in [2.45, 2.75) is 38.3 Å². The summed E-state index contributed by atoms with van der Waals surface area (Å²) in [6.45, 7) is 2.82. The molecule has 1 saturated heterocycles. The molecule has 1 aliphatic heterocycles. The fourth-order valence-electron chi connectivity index (χ4n) is 2.71. The monoisotopic (exact) mass is 290 g/mol. The minimum atomic E-state index is -1.00. The maximum Gasteiger partial charge on any atom is 0.326 e. The van der Waals surface area contributed by atoms with E-state index in [4.69, 9.17) is 0 Å². The number of amides is 1. The van der Waals surface area contributed by atoms with Gasteiger partial charge in [0.2, 0.25) is 5.91 Å². The third-order valence-electron chi connectivity index (χ3n) is 3.95. The normalized spacial score (nSPS) is 23.3. The zero-order chi connectivity index (χ0) is 15.2. The molecule has 3 atom stereocenters. The lowest BCUT2D eigenvalue weighted by Gasteiger charge is -2.30. The van der Waals surface area contributed by atoms with Gasteiger partial charge in [-0.25, -0.2) is 4.79 Å². The molecule has 0 spiro atoms. The number of carboxylic acids is 1. The summed E-state index contributed by atoms with van der Waals surface area (Å²) in [4.78, 5) is 23.6. The van der Waals surface area contributed by atoms with Gasteiger partial charge in [-0.1, -0.05) is 37.3 Å². The molecule has 2 rings (SSSR count). The molecule has 0 aliphatic carbocycles. The lowest BCUT2D eigenvalue weighted by Crippen LogP contribution is -2.55. The molecule has 0 bridgehead atoms. The van der Waals surface area contributed by atoms with E-state index in [0.717, 1.165) is 24.9 Å². The Hall–Kier alpha value is -1.88. The average Bonchev–Trinajstić information content (AvgIpc) is 2.48. The Kier molecular flexibility index (Phi) is 5.33. The van der Waals surface area contributed by atoms with Crippen molar-refractivity contribution in [1.29, 1.82) is 0 Å². The van der Waals surface area contributed by atoms with Crippen molar-refractivity contribution in [1.82, 2.24) is 10.6 Å². The van der Waals surface area contributed by atoms with E-state index in [9.17, 15) is 14.7 Å². The largest absolute Gasteiger partial charge is 0.480 e. The fourth-order valence-corrected chi connectivity index (χ4v) is 2.71. The molecule has 114 valence electrons. The summed E-state index contributed by atoms with van der Waals surface area (Å²) < 4.78 is 0. The summed E-state index contributed by atoms with van der Waals surface area (Å²) in [6, 6.07) is 8.15. The summed E-state index contributed by atoms with van der Waals surface area (Å²) in [5, 5.41) is 15.1. The minimum Gasteiger partial charge on any atom is -0.480 e. The number of carbonyl (C=O) groups is 2. The molecule has 21 heavy (non-hydrogen) atoms. The van der Waals surface area contributed by atoms with Crippen LogP contribution in [-0.2, 0) is 16.0 Å². The van der Waals surface area contributed by atoms with Crippen molar-refractivity contribution in [2.75, 3.05) is 6.54 Å². The van der Waals surface area contributed by atoms with Crippen molar-refractivity contribution in [3.05, 3.63) is 35.9 Å². The zero-order valence-electron chi connectivity index (χ0n) is 12.2. The van der Waals surface area contributed by atoms with Gasteiger partial charge in [0.05, 0.1) is 6.04 Å². The third-order valence-corrected chi connectivity index (χ3v) is 3.95. The molecule has 2 unspecified atom stereocenters. The quantitative estimate of drug-likeness (QED) is 0.761. The smallest absolute Gasteiger partial charge is 0.326 e. The van der Waals surface area contributed by atoms with Crippen molar-refractivity contribution >= 4 is 11.9 Å². The van der Waals surface area contributed by atoms with Crippen LogP contribution in [0, 0.1) is 5.92 Å². The number of rotatable bonds is 5. The van der Waals surface area contributed by atoms with Gasteiger partial charge in [-0.2, -0.15) is 0 Å². The summed E-state index contributed by atoms with van der Waals surface area (Å²) in [5.74, 6) is -0.994. The first-order valence-electron chi connectivity index (χ1n) is 7.38. The van der Waals surface area contributed by atoms with Crippen molar-refractivity contribution in [3.8, 4) is 0 Å². The number of carbonyl (C=O) groups excluding carboxylic acids is 1. The molecule has 0 aromatic heterocycles. The van der Waals surface area contributed by atoms with Crippen LogP contribution in [0.2, 0.25) is 0 Å².